The Kier molecular flexibility index (Phi) is 7.21. The molecule has 4 rings (SSSR count). The molecule has 0 spiro atoms. The van der Waals surface area contributed by atoms with E-state index < -0.39 is 5.54 Å². The fourth-order valence-electron chi connectivity index (χ4n) is 4.72. The van der Waals surface area contributed by atoms with Crippen LogP contribution in [0.2, 0.25) is 0 Å². The maximum atomic E-state index is 13.5. The first-order chi connectivity index (χ1) is 16.8. The number of carbonyl (C=O) groups is 2. The van der Waals surface area contributed by atoms with Crippen LogP contribution in [0.25, 0.3) is 0 Å². The van der Waals surface area contributed by atoms with Gasteiger partial charge in [0.25, 0.3) is 5.91 Å². The molecule has 2 aromatic rings. The van der Waals surface area contributed by atoms with Crippen molar-refractivity contribution in [3.05, 3.63) is 83.1 Å². The fourth-order valence-corrected chi connectivity index (χ4v) is 4.72. The van der Waals surface area contributed by atoms with Crippen molar-refractivity contribution in [1.82, 2.24) is 20.4 Å². The van der Waals surface area contributed by atoms with Crippen LogP contribution >= 0.6 is 0 Å². The lowest BCUT2D eigenvalue weighted by atomic mass is 10.00. The molecule has 5 N–H and O–H groups in total. The zero-order valence-corrected chi connectivity index (χ0v) is 20.4. The van der Waals surface area contributed by atoms with Gasteiger partial charge < -0.3 is 26.2 Å². The number of hydrogen-bond acceptors (Lipinski definition) is 5. The fraction of sp³-hybridized carbons (Fsp3) is 0.370. The van der Waals surface area contributed by atoms with Crippen molar-refractivity contribution < 1.29 is 9.59 Å². The number of likely N-dealkylation sites (tertiary alicyclic amines) is 1. The highest BCUT2D eigenvalue weighted by molar-refractivity contribution is 6.12. The maximum absolute atomic E-state index is 13.5. The Balaban J connectivity index is 1.47. The lowest BCUT2D eigenvalue weighted by Crippen LogP contribution is -2.52. The highest BCUT2D eigenvalue weighted by Gasteiger charge is 2.43. The Morgan fingerprint density at radius 2 is 1.63 bits per heavy atom. The first-order valence-corrected chi connectivity index (χ1v) is 12.1. The van der Waals surface area contributed by atoms with Crippen molar-refractivity contribution in [2.45, 2.75) is 38.3 Å². The predicted octanol–water partition coefficient (Wildman–Crippen LogP) is 3.25. The lowest BCUT2D eigenvalue weighted by Gasteiger charge is -2.35. The monoisotopic (exact) mass is 474 g/mol. The van der Waals surface area contributed by atoms with Gasteiger partial charge in [0.15, 0.2) is 0 Å². The number of nitrogens with zero attached hydrogens (tertiary/aromatic N) is 2. The Morgan fingerprint density at radius 1 is 1.03 bits per heavy atom. The number of hydrogen-bond donors (Lipinski definition) is 4. The molecule has 0 aliphatic carbocycles. The largest absolute Gasteiger partial charge is 0.400 e. The van der Waals surface area contributed by atoms with Crippen LogP contribution in [-0.2, 0) is 0 Å². The van der Waals surface area contributed by atoms with Gasteiger partial charge in [0.1, 0.15) is 5.84 Å². The smallest absolute Gasteiger partial charge is 0.318 e. The summed E-state index contributed by atoms with van der Waals surface area (Å²) in [5, 5.41) is 14.3. The van der Waals surface area contributed by atoms with Gasteiger partial charge in [-0.1, -0.05) is 48.5 Å². The zero-order valence-electron chi connectivity index (χ0n) is 20.4. The van der Waals surface area contributed by atoms with Gasteiger partial charge in [-0.3, -0.25) is 10.2 Å². The Labute approximate surface area is 206 Å². The molecule has 2 aliphatic rings. The molecule has 2 aromatic carbocycles. The third-order valence-electron chi connectivity index (χ3n) is 6.94. The van der Waals surface area contributed by atoms with Gasteiger partial charge in [0.05, 0.1) is 18.1 Å². The molecule has 3 amide bonds. The summed E-state index contributed by atoms with van der Waals surface area (Å²) in [6, 6.07) is 18.3. The summed E-state index contributed by atoms with van der Waals surface area (Å²) in [6.07, 6.45) is 2.35. The first kappa shape index (κ1) is 24.5. The van der Waals surface area contributed by atoms with E-state index >= 15 is 0 Å². The number of benzene rings is 2. The minimum absolute atomic E-state index is 0.0867. The number of amides is 3. The van der Waals surface area contributed by atoms with E-state index in [1.807, 2.05) is 50.2 Å². The van der Waals surface area contributed by atoms with Gasteiger partial charge in [0.2, 0.25) is 0 Å². The lowest BCUT2D eigenvalue weighted by molar-refractivity contribution is 0.0977. The molecule has 0 saturated carbocycles. The van der Waals surface area contributed by atoms with Crippen molar-refractivity contribution in [2.24, 2.45) is 5.73 Å². The summed E-state index contributed by atoms with van der Waals surface area (Å²) in [6.45, 7) is 6.67. The predicted molar refractivity (Wildman–Crippen MR) is 137 cm³/mol. The Hall–Kier alpha value is -3.65. The SMILES string of the molecule is CC1(C)C(N)=C(C(=N)NC(=O)c2ccccc2)CN1C(=O)NC(CN1CCCC1)c1ccccc1. The van der Waals surface area contributed by atoms with Crippen molar-refractivity contribution in [3.8, 4) is 0 Å². The molecule has 184 valence electrons. The zero-order chi connectivity index (χ0) is 25.0. The van der Waals surface area contributed by atoms with Gasteiger partial charge in [-0.2, -0.15) is 0 Å². The van der Waals surface area contributed by atoms with Crippen LogP contribution in [0.4, 0.5) is 4.79 Å². The summed E-state index contributed by atoms with van der Waals surface area (Å²) >= 11 is 0. The summed E-state index contributed by atoms with van der Waals surface area (Å²) in [7, 11) is 0. The van der Waals surface area contributed by atoms with E-state index in [0.29, 0.717) is 16.8 Å². The number of amidine groups is 1. The van der Waals surface area contributed by atoms with Crippen LogP contribution in [0, 0.1) is 5.41 Å². The normalized spacial score (nSPS) is 18.4. The number of nitrogens with two attached hydrogens (primary N) is 1. The summed E-state index contributed by atoms with van der Waals surface area (Å²) in [5.74, 6) is -0.470. The average molecular weight is 475 g/mol. The van der Waals surface area contributed by atoms with Crippen LogP contribution in [0.15, 0.2) is 71.9 Å². The standard InChI is InChI=1S/C27H34N6O2/c1-27(2)23(28)21(24(29)31-25(34)20-13-7-4-8-14-20)17-33(27)26(35)30-22(18-32-15-9-10-16-32)19-11-5-3-6-12-19/h3-8,11-14,22H,9-10,15-18,28H2,1-2H3,(H,30,35)(H2,29,31,34). The molecule has 1 saturated heterocycles. The summed E-state index contributed by atoms with van der Waals surface area (Å²) < 4.78 is 0. The highest BCUT2D eigenvalue weighted by atomic mass is 16.2. The van der Waals surface area contributed by atoms with Crippen LogP contribution in [0.3, 0.4) is 0 Å². The molecule has 0 radical (unpaired) electrons. The van der Waals surface area contributed by atoms with Gasteiger partial charge in [-0.05, 0) is 57.5 Å². The summed E-state index contributed by atoms with van der Waals surface area (Å²) in [5.41, 5.74) is 7.98. The van der Waals surface area contributed by atoms with E-state index in [1.54, 1.807) is 29.2 Å². The molecular weight excluding hydrogens is 440 g/mol. The number of rotatable bonds is 6. The molecule has 2 aliphatic heterocycles. The van der Waals surface area contributed by atoms with Crippen molar-refractivity contribution >= 4 is 17.8 Å². The first-order valence-electron chi connectivity index (χ1n) is 12.1. The number of nitrogens with one attached hydrogen (secondary N) is 3. The van der Waals surface area contributed by atoms with E-state index in [2.05, 4.69) is 15.5 Å². The third-order valence-corrected chi connectivity index (χ3v) is 6.94. The van der Waals surface area contributed by atoms with Crippen LogP contribution in [0.5, 0.6) is 0 Å². The van der Waals surface area contributed by atoms with E-state index in [1.165, 1.54) is 12.8 Å². The molecule has 1 fully saturated rings. The third kappa shape index (κ3) is 5.38. The molecule has 1 atom stereocenters. The quantitative estimate of drug-likeness (QED) is 0.380. The number of urea groups is 1. The molecular formula is C27H34N6O2. The highest BCUT2D eigenvalue weighted by Crippen LogP contribution is 2.32. The van der Waals surface area contributed by atoms with Crippen molar-refractivity contribution in [1.29, 1.82) is 5.41 Å². The van der Waals surface area contributed by atoms with Gasteiger partial charge in [-0.15, -0.1) is 0 Å². The minimum atomic E-state index is -0.807. The van der Waals surface area contributed by atoms with Crippen LogP contribution < -0.4 is 16.4 Å². The van der Waals surface area contributed by atoms with E-state index in [-0.39, 0.29) is 30.4 Å². The molecule has 0 bridgehead atoms. The van der Waals surface area contributed by atoms with Crippen molar-refractivity contribution in [2.75, 3.05) is 26.2 Å². The van der Waals surface area contributed by atoms with Crippen molar-refractivity contribution in [3.63, 3.8) is 0 Å². The van der Waals surface area contributed by atoms with Gasteiger partial charge >= 0.3 is 6.03 Å². The maximum Gasteiger partial charge on any atom is 0.318 e. The molecule has 1 unspecified atom stereocenters. The van der Waals surface area contributed by atoms with Gasteiger partial charge in [-0.25, -0.2) is 4.79 Å². The second-order valence-electron chi connectivity index (χ2n) is 9.65. The summed E-state index contributed by atoms with van der Waals surface area (Å²) in [4.78, 5) is 30.1. The second kappa shape index (κ2) is 10.3. The van der Waals surface area contributed by atoms with Crippen LogP contribution in [0.1, 0.15) is 48.7 Å². The molecule has 0 aromatic heterocycles. The minimum Gasteiger partial charge on any atom is -0.400 e. The second-order valence-corrected chi connectivity index (χ2v) is 9.65. The van der Waals surface area contributed by atoms with Crippen LogP contribution in [-0.4, -0.2) is 59.3 Å². The number of carbonyl (C=O) groups excluding carboxylic acids is 2. The Morgan fingerprint density at radius 3 is 2.26 bits per heavy atom. The van der Waals surface area contributed by atoms with Gasteiger partial charge in [0, 0.05) is 23.4 Å². The van der Waals surface area contributed by atoms with E-state index in [4.69, 9.17) is 11.1 Å². The average Bonchev–Trinajstić information content (AvgIpc) is 3.45. The van der Waals surface area contributed by atoms with E-state index in [0.717, 1.165) is 25.2 Å². The molecule has 8 heteroatoms. The van der Waals surface area contributed by atoms with E-state index in [9.17, 15) is 9.59 Å². The molecule has 8 nitrogen and oxygen atoms in total. The molecule has 35 heavy (non-hydrogen) atoms. The Bertz CT molecular complexity index is 1110. The molecule has 2 heterocycles. The topological polar surface area (TPSA) is 115 Å².